The summed E-state index contributed by atoms with van der Waals surface area (Å²) in [6.07, 6.45) is 2.40. The minimum Gasteiger partial charge on any atom is -0.494 e. The van der Waals surface area contributed by atoms with Crippen LogP contribution < -0.4 is 16.2 Å². The van der Waals surface area contributed by atoms with Crippen molar-refractivity contribution in [1.29, 1.82) is 0 Å². The minimum absolute atomic E-state index is 0.0228. The molecule has 0 spiro atoms. The largest absolute Gasteiger partial charge is 0.494 e. The highest BCUT2D eigenvalue weighted by atomic mass is 19.3. The van der Waals surface area contributed by atoms with E-state index in [1.165, 1.54) is 0 Å². The zero-order valence-corrected chi connectivity index (χ0v) is 21.5. The molecule has 3 amide bonds. The molecule has 2 aliphatic rings. The molecule has 8 nitrogen and oxygen atoms in total. The van der Waals surface area contributed by atoms with Gasteiger partial charge in [0.1, 0.15) is 17.6 Å². The van der Waals surface area contributed by atoms with Crippen LogP contribution in [0.2, 0.25) is 0 Å². The first-order valence-electron chi connectivity index (χ1n) is 12.7. The van der Waals surface area contributed by atoms with Gasteiger partial charge in [0.2, 0.25) is 5.91 Å². The molecule has 200 valence electrons. The smallest absolute Gasteiger partial charge is 0.345 e. The predicted octanol–water partition coefficient (Wildman–Crippen LogP) is 3.80. The fourth-order valence-corrected chi connectivity index (χ4v) is 4.60. The molecule has 1 aromatic rings. The summed E-state index contributed by atoms with van der Waals surface area (Å²) in [5.41, 5.74) is 12.4. The van der Waals surface area contributed by atoms with E-state index in [0.29, 0.717) is 48.7 Å². The second-order valence-electron chi connectivity index (χ2n) is 10.3. The molecule has 4 N–H and O–H groups in total. The molecule has 2 aliphatic heterocycles. The summed E-state index contributed by atoms with van der Waals surface area (Å²) in [4.78, 5) is 31.6. The van der Waals surface area contributed by atoms with Crippen molar-refractivity contribution in [3.8, 4) is 5.75 Å². The number of rotatable bonds is 8. The molecule has 0 radical (unpaired) electrons. The first-order chi connectivity index (χ1) is 17.0. The maximum absolute atomic E-state index is 13.4. The summed E-state index contributed by atoms with van der Waals surface area (Å²) in [5, 5.41) is 0. The number of ether oxygens (including phenoxy) is 1. The Kier molecular flexibility index (Phi) is 9.27. The number of halogens is 2. The number of amides is 3. The van der Waals surface area contributed by atoms with Crippen LogP contribution >= 0.6 is 0 Å². The zero-order valence-electron chi connectivity index (χ0n) is 21.5. The quantitative estimate of drug-likeness (QED) is 0.410. The highest BCUT2D eigenvalue weighted by molar-refractivity contribution is 5.93. The average Bonchev–Trinajstić information content (AvgIpc) is 3.23. The number of nitrogens with two attached hydrogens (primary N) is 2. The topological polar surface area (TPSA) is 114 Å². The number of urea groups is 1. The van der Waals surface area contributed by atoms with Gasteiger partial charge in [-0.25, -0.2) is 13.6 Å². The van der Waals surface area contributed by atoms with Crippen molar-refractivity contribution in [2.75, 3.05) is 32.8 Å². The number of carbonyl (C=O) groups is 2. The minimum atomic E-state index is -2.84. The van der Waals surface area contributed by atoms with E-state index in [2.05, 4.69) is 11.9 Å². The van der Waals surface area contributed by atoms with Gasteiger partial charge in [-0.2, -0.15) is 4.99 Å². The van der Waals surface area contributed by atoms with E-state index in [9.17, 15) is 18.4 Å². The lowest BCUT2D eigenvalue weighted by atomic mass is 9.84. The Hall–Kier alpha value is -2.75. The molecule has 2 saturated heterocycles. The van der Waals surface area contributed by atoms with Gasteiger partial charge >= 0.3 is 6.03 Å². The molecule has 0 unspecified atom stereocenters. The first kappa shape index (κ1) is 27.8. The van der Waals surface area contributed by atoms with E-state index in [0.717, 1.165) is 24.2 Å². The highest BCUT2D eigenvalue weighted by Gasteiger charge is 2.41. The zero-order chi connectivity index (χ0) is 26.5. The van der Waals surface area contributed by atoms with Crippen molar-refractivity contribution in [1.82, 2.24) is 9.80 Å². The summed E-state index contributed by atoms with van der Waals surface area (Å²) in [6, 6.07) is 5.68. The first-order valence-corrected chi connectivity index (χ1v) is 12.7. The van der Waals surface area contributed by atoms with Gasteiger partial charge in [-0.15, -0.1) is 0 Å². The van der Waals surface area contributed by atoms with Crippen LogP contribution in [0.1, 0.15) is 58.1 Å². The summed E-state index contributed by atoms with van der Waals surface area (Å²) in [6.45, 7) is 7.38. The number of alkyl halides is 2. The Bertz CT molecular complexity index is 930. The molecule has 0 aromatic heterocycles. The fourth-order valence-electron chi connectivity index (χ4n) is 4.60. The molecule has 0 saturated carbocycles. The normalized spacial score (nSPS) is 20.5. The number of benzene rings is 1. The Labute approximate surface area is 212 Å². The lowest BCUT2D eigenvalue weighted by molar-refractivity contribution is -0.133. The predicted molar refractivity (Wildman–Crippen MR) is 135 cm³/mol. The van der Waals surface area contributed by atoms with Crippen molar-refractivity contribution in [3.63, 3.8) is 0 Å². The molecule has 0 bridgehead atoms. The van der Waals surface area contributed by atoms with Gasteiger partial charge in [0.25, 0.3) is 5.92 Å². The maximum atomic E-state index is 13.4. The SMILES string of the molecule is CC(C)/C(N)=N/C(=O)N1CCC([C@H](C)CCOc2ccc([C@H](N)C(=O)N3CCC(F)(F)C3)cc2)CC1. The molecule has 2 heterocycles. The molecule has 1 aromatic carbocycles. The van der Waals surface area contributed by atoms with E-state index in [1.54, 1.807) is 29.2 Å². The number of amidine groups is 1. The lowest BCUT2D eigenvalue weighted by Crippen LogP contribution is -2.39. The standard InChI is InChI=1S/C26H39F2N5O3/c1-17(2)23(30)31-25(35)32-12-8-19(9-13-32)18(3)10-15-36-21-6-4-20(5-7-21)22(29)24(34)33-14-11-26(27,28)16-33/h4-7,17-19,22H,8-16,29H2,1-3H3,(H2,30,31,35)/t18-,22+/m1/s1. The van der Waals surface area contributed by atoms with Crippen molar-refractivity contribution in [2.45, 2.75) is 58.4 Å². The third-order valence-corrected chi connectivity index (χ3v) is 7.26. The van der Waals surface area contributed by atoms with Crippen LogP contribution in [0.15, 0.2) is 29.3 Å². The summed E-state index contributed by atoms with van der Waals surface area (Å²) in [7, 11) is 0. The van der Waals surface area contributed by atoms with Crippen LogP contribution in [0.5, 0.6) is 5.75 Å². The Balaban J connectivity index is 1.40. The molecular weight excluding hydrogens is 468 g/mol. The number of aliphatic imine (C=N–C) groups is 1. The summed E-state index contributed by atoms with van der Waals surface area (Å²) in [5.74, 6) is -1.30. The lowest BCUT2D eigenvalue weighted by Gasteiger charge is -2.34. The van der Waals surface area contributed by atoms with Crippen LogP contribution in [0.25, 0.3) is 0 Å². The molecule has 2 atom stereocenters. The Morgan fingerprint density at radius 2 is 1.75 bits per heavy atom. The molecule has 2 fully saturated rings. The number of piperidine rings is 1. The van der Waals surface area contributed by atoms with Crippen LogP contribution in [0, 0.1) is 17.8 Å². The number of hydrogen-bond donors (Lipinski definition) is 2. The Morgan fingerprint density at radius 1 is 1.11 bits per heavy atom. The van der Waals surface area contributed by atoms with Crippen molar-refractivity contribution >= 4 is 17.8 Å². The molecule has 10 heteroatoms. The van der Waals surface area contributed by atoms with Gasteiger partial charge in [0.15, 0.2) is 0 Å². The third kappa shape index (κ3) is 7.38. The van der Waals surface area contributed by atoms with Crippen LogP contribution in [-0.2, 0) is 4.79 Å². The number of carbonyl (C=O) groups excluding carboxylic acids is 2. The number of nitrogens with zero attached hydrogens (tertiary/aromatic N) is 3. The monoisotopic (exact) mass is 507 g/mol. The van der Waals surface area contributed by atoms with Gasteiger partial charge in [-0.1, -0.05) is 32.9 Å². The van der Waals surface area contributed by atoms with Crippen LogP contribution in [0.4, 0.5) is 13.6 Å². The van der Waals surface area contributed by atoms with Crippen LogP contribution in [0.3, 0.4) is 0 Å². The van der Waals surface area contributed by atoms with Crippen molar-refractivity contribution in [2.24, 2.45) is 34.2 Å². The van der Waals surface area contributed by atoms with E-state index >= 15 is 0 Å². The van der Waals surface area contributed by atoms with E-state index in [-0.39, 0.29) is 24.9 Å². The van der Waals surface area contributed by atoms with E-state index < -0.39 is 24.4 Å². The molecule has 0 aliphatic carbocycles. The average molecular weight is 508 g/mol. The van der Waals surface area contributed by atoms with Crippen LogP contribution in [-0.4, -0.2) is 66.3 Å². The number of likely N-dealkylation sites (tertiary alicyclic amines) is 2. The van der Waals surface area contributed by atoms with Crippen molar-refractivity contribution < 1.29 is 23.1 Å². The Morgan fingerprint density at radius 3 is 2.31 bits per heavy atom. The van der Waals surface area contributed by atoms with Gasteiger partial charge in [-0.05, 0) is 48.8 Å². The second kappa shape index (κ2) is 12.0. The molecule has 3 rings (SSSR count). The summed E-state index contributed by atoms with van der Waals surface area (Å²) < 4.78 is 32.7. The van der Waals surface area contributed by atoms with Crippen molar-refractivity contribution in [3.05, 3.63) is 29.8 Å². The molecular formula is C26H39F2N5O3. The van der Waals surface area contributed by atoms with Gasteiger partial charge in [0, 0.05) is 32.0 Å². The third-order valence-electron chi connectivity index (χ3n) is 7.26. The maximum Gasteiger partial charge on any atom is 0.345 e. The van der Waals surface area contributed by atoms with E-state index in [4.69, 9.17) is 16.2 Å². The van der Waals surface area contributed by atoms with Gasteiger partial charge < -0.3 is 26.0 Å². The highest BCUT2D eigenvalue weighted by Crippen LogP contribution is 2.30. The van der Waals surface area contributed by atoms with Gasteiger partial charge in [0.05, 0.1) is 13.2 Å². The van der Waals surface area contributed by atoms with Gasteiger partial charge in [-0.3, -0.25) is 4.79 Å². The number of hydrogen-bond acceptors (Lipinski definition) is 4. The molecule has 36 heavy (non-hydrogen) atoms. The summed E-state index contributed by atoms with van der Waals surface area (Å²) >= 11 is 0. The van der Waals surface area contributed by atoms with E-state index in [1.807, 2.05) is 13.8 Å². The second-order valence-corrected chi connectivity index (χ2v) is 10.3. The fraction of sp³-hybridized carbons (Fsp3) is 0.654.